The number of aromatic nitrogens is 1. The highest BCUT2D eigenvalue weighted by Crippen LogP contribution is 2.39. The van der Waals surface area contributed by atoms with Crippen molar-refractivity contribution in [1.82, 2.24) is 4.98 Å². The minimum Gasteiger partial charge on any atom is -0.491 e. The van der Waals surface area contributed by atoms with E-state index in [1.807, 2.05) is 6.07 Å². The lowest BCUT2D eigenvalue weighted by Crippen LogP contribution is -2.43. The van der Waals surface area contributed by atoms with E-state index in [-0.39, 0.29) is 5.82 Å². The van der Waals surface area contributed by atoms with Crippen LogP contribution < -0.4 is 10.5 Å². The Labute approximate surface area is 121 Å². The normalized spacial score (nSPS) is 21.2. The van der Waals surface area contributed by atoms with Gasteiger partial charge in [-0.2, -0.15) is 0 Å². The lowest BCUT2D eigenvalue weighted by molar-refractivity contribution is 0.232. The lowest BCUT2D eigenvalue weighted by atomic mass is 9.82. The van der Waals surface area contributed by atoms with E-state index in [2.05, 4.69) is 4.98 Å². The Morgan fingerprint density at radius 2 is 2.15 bits per heavy atom. The number of benzene rings is 1. The van der Waals surface area contributed by atoms with E-state index in [1.54, 1.807) is 25.1 Å². The van der Waals surface area contributed by atoms with Crippen LogP contribution in [0.4, 0.5) is 4.39 Å². The molecule has 2 aromatic rings. The molecule has 1 aliphatic rings. The highest BCUT2D eigenvalue weighted by Gasteiger charge is 2.38. The van der Waals surface area contributed by atoms with Crippen LogP contribution in [0, 0.1) is 12.7 Å². The third-order valence-electron chi connectivity index (χ3n) is 3.69. The third-order valence-corrected chi connectivity index (χ3v) is 3.90. The quantitative estimate of drug-likeness (QED) is 0.821. The SMILES string of the molecule is Cc1ccc([C@@]2(N)CCOc3ccc(Cl)nc32)cc1F. The fraction of sp³-hybridized carbons (Fsp3) is 0.267. The standard InChI is InChI=1S/C15H14ClFN2O/c1-9-2-3-10(8-11(9)17)15(18)6-7-20-12-4-5-13(16)19-14(12)15/h2-5,8H,6-7,18H2,1H3/t15-/m0/s1. The number of hydrogen-bond acceptors (Lipinski definition) is 3. The van der Waals surface area contributed by atoms with Gasteiger partial charge in [0.1, 0.15) is 22.4 Å². The van der Waals surface area contributed by atoms with Crippen LogP contribution in [-0.4, -0.2) is 11.6 Å². The summed E-state index contributed by atoms with van der Waals surface area (Å²) in [4.78, 5) is 4.29. The maximum absolute atomic E-state index is 13.8. The monoisotopic (exact) mass is 292 g/mol. The van der Waals surface area contributed by atoms with Crippen LogP contribution in [0.2, 0.25) is 5.15 Å². The first-order valence-corrected chi connectivity index (χ1v) is 6.74. The molecule has 2 heterocycles. The van der Waals surface area contributed by atoms with Crippen molar-refractivity contribution >= 4 is 11.6 Å². The van der Waals surface area contributed by atoms with Crippen molar-refractivity contribution in [1.29, 1.82) is 0 Å². The second kappa shape index (κ2) is 4.72. The summed E-state index contributed by atoms with van der Waals surface area (Å²) in [7, 11) is 0. The molecule has 1 aromatic carbocycles. The first-order chi connectivity index (χ1) is 9.50. The molecule has 0 fully saturated rings. The second-order valence-electron chi connectivity index (χ2n) is 5.01. The van der Waals surface area contributed by atoms with Crippen molar-refractivity contribution in [3.05, 3.63) is 58.1 Å². The van der Waals surface area contributed by atoms with Gasteiger partial charge in [0, 0.05) is 6.42 Å². The Kier molecular flexibility index (Phi) is 3.15. The molecule has 5 heteroatoms. The van der Waals surface area contributed by atoms with Crippen molar-refractivity contribution in [3.63, 3.8) is 0 Å². The maximum Gasteiger partial charge on any atom is 0.143 e. The minimum atomic E-state index is -0.882. The van der Waals surface area contributed by atoms with Gasteiger partial charge in [0.2, 0.25) is 0 Å². The summed E-state index contributed by atoms with van der Waals surface area (Å²) < 4.78 is 19.4. The molecule has 1 aliphatic heterocycles. The molecule has 3 nitrogen and oxygen atoms in total. The number of nitrogens with zero attached hydrogens (tertiary/aromatic N) is 1. The Bertz CT molecular complexity index is 677. The zero-order valence-corrected chi connectivity index (χ0v) is 11.7. The van der Waals surface area contributed by atoms with Gasteiger partial charge in [-0.15, -0.1) is 0 Å². The van der Waals surface area contributed by atoms with Crippen molar-refractivity contribution in [2.75, 3.05) is 6.61 Å². The summed E-state index contributed by atoms with van der Waals surface area (Å²) in [5, 5.41) is 0.344. The predicted octanol–water partition coefficient (Wildman–Crippen LogP) is 3.17. The van der Waals surface area contributed by atoms with Gasteiger partial charge in [-0.25, -0.2) is 9.37 Å². The van der Waals surface area contributed by atoms with E-state index >= 15 is 0 Å². The molecule has 0 amide bonds. The number of hydrogen-bond donors (Lipinski definition) is 1. The topological polar surface area (TPSA) is 48.1 Å². The molecule has 1 aromatic heterocycles. The molecule has 0 unspecified atom stereocenters. The largest absolute Gasteiger partial charge is 0.491 e. The number of aryl methyl sites for hydroxylation is 1. The Morgan fingerprint density at radius 1 is 1.35 bits per heavy atom. The highest BCUT2D eigenvalue weighted by atomic mass is 35.5. The van der Waals surface area contributed by atoms with Crippen LogP contribution >= 0.6 is 11.6 Å². The van der Waals surface area contributed by atoms with E-state index in [0.717, 1.165) is 0 Å². The van der Waals surface area contributed by atoms with Gasteiger partial charge in [0.05, 0.1) is 12.1 Å². The lowest BCUT2D eigenvalue weighted by Gasteiger charge is -2.35. The molecule has 1 atom stereocenters. The van der Waals surface area contributed by atoms with E-state index in [9.17, 15) is 4.39 Å². The van der Waals surface area contributed by atoms with Gasteiger partial charge in [0.25, 0.3) is 0 Å². The maximum atomic E-state index is 13.8. The Morgan fingerprint density at radius 3 is 2.90 bits per heavy atom. The van der Waals surface area contributed by atoms with Crippen molar-refractivity contribution in [2.45, 2.75) is 18.9 Å². The second-order valence-corrected chi connectivity index (χ2v) is 5.40. The fourth-order valence-corrected chi connectivity index (χ4v) is 2.60. The molecule has 0 spiro atoms. The summed E-state index contributed by atoms with van der Waals surface area (Å²) in [6.45, 7) is 2.18. The first-order valence-electron chi connectivity index (χ1n) is 6.36. The molecule has 2 N–H and O–H groups in total. The Balaban J connectivity index is 2.18. The molecule has 0 radical (unpaired) electrons. The molecule has 3 rings (SSSR count). The molecule has 104 valence electrons. The number of halogens is 2. The van der Waals surface area contributed by atoms with Crippen molar-refractivity contribution in [2.24, 2.45) is 5.73 Å². The molecule has 0 bridgehead atoms. The summed E-state index contributed by atoms with van der Waals surface area (Å²) in [6.07, 6.45) is 0.524. The summed E-state index contributed by atoms with van der Waals surface area (Å²) in [5.74, 6) is 0.325. The first kappa shape index (κ1) is 13.3. The van der Waals surface area contributed by atoms with Crippen molar-refractivity contribution < 1.29 is 9.13 Å². The van der Waals surface area contributed by atoms with Gasteiger partial charge in [-0.05, 0) is 36.2 Å². The van der Waals surface area contributed by atoms with Gasteiger partial charge in [-0.1, -0.05) is 23.7 Å². The van der Waals surface area contributed by atoms with Crippen LogP contribution in [0.5, 0.6) is 5.75 Å². The molecule has 0 saturated carbocycles. The number of pyridine rings is 1. The van der Waals surface area contributed by atoms with Crippen molar-refractivity contribution in [3.8, 4) is 5.75 Å². The fourth-order valence-electron chi connectivity index (χ4n) is 2.45. The van der Waals surface area contributed by atoms with E-state index in [1.165, 1.54) is 6.07 Å². The van der Waals surface area contributed by atoms with Crippen LogP contribution in [0.15, 0.2) is 30.3 Å². The smallest absolute Gasteiger partial charge is 0.143 e. The number of ether oxygens (including phenoxy) is 1. The summed E-state index contributed by atoms with van der Waals surface area (Å²) >= 11 is 5.95. The average molecular weight is 293 g/mol. The minimum absolute atomic E-state index is 0.276. The zero-order valence-electron chi connectivity index (χ0n) is 11.0. The Hall–Kier alpha value is -1.65. The van der Waals surface area contributed by atoms with Gasteiger partial charge >= 0.3 is 0 Å². The molecular weight excluding hydrogens is 279 g/mol. The van der Waals surface area contributed by atoms with Gasteiger partial charge in [0.15, 0.2) is 0 Å². The number of nitrogens with two attached hydrogens (primary N) is 1. The summed E-state index contributed by atoms with van der Waals surface area (Å²) in [6, 6.07) is 8.42. The van der Waals surface area contributed by atoms with Gasteiger partial charge in [-0.3, -0.25) is 0 Å². The molecule has 0 saturated heterocycles. The van der Waals surface area contributed by atoms with Crippen LogP contribution in [0.1, 0.15) is 23.2 Å². The molecular formula is C15H14ClFN2O. The highest BCUT2D eigenvalue weighted by molar-refractivity contribution is 6.29. The van der Waals surface area contributed by atoms with E-state index in [4.69, 9.17) is 22.1 Å². The predicted molar refractivity (Wildman–Crippen MR) is 75.5 cm³/mol. The molecule has 0 aliphatic carbocycles. The van der Waals surface area contributed by atoms with Crippen LogP contribution in [0.3, 0.4) is 0 Å². The number of fused-ring (bicyclic) bond motifs is 1. The number of rotatable bonds is 1. The zero-order chi connectivity index (χ0) is 14.3. The van der Waals surface area contributed by atoms with E-state index in [0.29, 0.717) is 40.8 Å². The van der Waals surface area contributed by atoms with Gasteiger partial charge < -0.3 is 10.5 Å². The van der Waals surface area contributed by atoms with E-state index < -0.39 is 5.54 Å². The molecule has 20 heavy (non-hydrogen) atoms. The average Bonchev–Trinajstić information content (AvgIpc) is 2.43. The van der Waals surface area contributed by atoms with Crippen LogP contribution in [0.25, 0.3) is 0 Å². The third kappa shape index (κ3) is 2.05. The summed E-state index contributed by atoms with van der Waals surface area (Å²) in [5.41, 5.74) is 7.45. The van der Waals surface area contributed by atoms with Crippen LogP contribution in [-0.2, 0) is 5.54 Å².